The molecule has 0 fully saturated rings. The fourth-order valence-corrected chi connectivity index (χ4v) is 3.14. The van der Waals surface area contributed by atoms with E-state index in [1.165, 1.54) is 5.56 Å². The number of hydrogen-bond acceptors (Lipinski definition) is 3. The second-order valence-corrected chi connectivity index (χ2v) is 6.35. The number of hydrogen-bond donors (Lipinski definition) is 1. The molecule has 0 aliphatic carbocycles. The van der Waals surface area contributed by atoms with Crippen molar-refractivity contribution in [3.63, 3.8) is 0 Å². The minimum atomic E-state index is 0.919. The van der Waals surface area contributed by atoms with Crippen LogP contribution in [0.2, 0.25) is 0 Å². The van der Waals surface area contributed by atoms with Crippen molar-refractivity contribution >= 4 is 33.4 Å². The summed E-state index contributed by atoms with van der Waals surface area (Å²) in [5, 5.41) is 4.52. The summed E-state index contributed by atoms with van der Waals surface area (Å²) in [6, 6.07) is 12.4. The van der Waals surface area contributed by atoms with E-state index in [-0.39, 0.29) is 0 Å². The molecule has 0 radical (unpaired) electrons. The van der Waals surface area contributed by atoms with Crippen LogP contribution in [0, 0.1) is 13.8 Å². The number of benzene rings is 1. The largest absolute Gasteiger partial charge is 0.383 e. The maximum Gasteiger partial charge on any atom is 0.0966 e. The third-order valence-corrected chi connectivity index (χ3v) is 4.22. The summed E-state index contributed by atoms with van der Waals surface area (Å²) in [7, 11) is 0. The quantitative estimate of drug-likeness (QED) is 0.634. The van der Waals surface area contributed by atoms with E-state index in [2.05, 4.69) is 51.4 Å². The van der Waals surface area contributed by atoms with Crippen LogP contribution in [0.4, 0.5) is 5.69 Å². The van der Waals surface area contributed by atoms with Crippen molar-refractivity contribution < 1.29 is 0 Å². The Labute approximate surface area is 127 Å². The van der Waals surface area contributed by atoms with Gasteiger partial charge in [0.2, 0.25) is 0 Å². The van der Waals surface area contributed by atoms with Gasteiger partial charge in [0.1, 0.15) is 0 Å². The van der Waals surface area contributed by atoms with Crippen molar-refractivity contribution in [3.05, 3.63) is 52.1 Å². The molecule has 2 nitrogen and oxygen atoms in total. The van der Waals surface area contributed by atoms with Gasteiger partial charge in [-0.2, -0.15) is 0 Å². The number of nitrogens with zero attached hydrogens (tertiary/aromatic N) is 1. The van der Waals surface area contributed by atoms with Gasteiger partial charge in [-0.3, -0.25) is 0 Å². The maximum atomic E-state index is 4.52. The standard InChI is InChI=1S/C15H17BrN2S/c1-11-9-12(2)18-15(10-11)19-8-7-17-14-6-4-3-5-13(14)16/h3-6,9-10,17H,7-8H2,1-2H3. The summed E-state index contributed by atoms with van der Waals surface area (Å²) in [6.45, 7) is 5.07. The molecule has 4 heteroatoms. The molecule has 19 heavy (non-hydrogen) atoms. The van der Waals surface area contributed by atoms with Gasteiger partial charge < -0.3 is 5.32 Å². The molecule has 1 aromatic carbocycles. The molecule has 0 saturated heterocycles. The summed E-state index contributed by atoms with van der Waals surface area (Å²) in [5.41, 5.74) is 3.49. The van der Waals surface area contributed by atoms with Gasteiger partial charge >= 0.3 is 0 Å². The summed E-state index contributed by atoms with van der Waals surface area (Å²) >= 11 is 5.32. The highest BCUT2D eigenvalue weighted by atomic mass is 79.9. The molecule has 2 rings (SSSR count). The number of aromatic nitrogens is 1. The molecule has 0 amide bonds. The van der Waals surface area contributed by atoms with Gasteiger partial charge in [-0.25, -0.2) is 4.98 Å². The van der Waals surface area contributed by atoms with E-state index >= 15 is 0 Å². The lowest BCUT2D eigenvalue weighted by Gasteiger charge is -2.08. The maximum absolute atomic E-state index is 4.52. The fourth-order valence-electron chi connectivity index (χ4n) is 1.82. The van der Waals surface area contributed by atoms with Crippen LogP contribution in [-0.4, -0.2) is 17.3 Å². The van der Waals surface area contributed by atoms with Crippen LogP contribution in [-0.2, 0) is 0 Å². The van der Waals surface area contributed by atoms with E-state index < -0.39 is 0 Å². The van der Waals surface area contributed by atoms with Crippen molar-refractivity contribution in [1.29, 1.82) is 0 Å². The Hall–Kier alpha value is -1.00. The number of anilines is 1. The third kappa shape index (κ3) is 4.55. The molecule has 1 aromatic heterocycles. The number of halogens is 1. The van der Waals surface area contributed by atoms with Gasteiger partial charge in [0.05, 0.1) is 5.03 Å². The predicted molar refractivity (Wildman–Crippen MR) is 87.1 cm³/mol. The Bertz CT molecular complexity index is 537. The molecule has 0 saturated carbocycles. The molecular weight excluding hydrogens is 320 g/mol. The number of para-hydroxylation sites is 1. The molecule has 1 N–H and O–H groups in total. The Kier molecular flexibility index (Phi) is 5.28. The van der Waals surface area contributed by atoms with E-state index in [4.69, 9.17) is 0 Å². The Morgan fingerprint density at radius 3 is 2.74 bits per heavy atom. The van der Waals surface area contributed by atoms with Crippen molar-refractivity contribution in [2.75, 3.05) is 17.6 Å². The third-order valence-electron chi connectivity index (χ3n) is 2.62. The van der Waals surface area contributed by atoms with E-state index in [9.17, 15) is 0 Å². The van der Waals surface area contributed by atoms with E-state index in [0.29, 0.717) is 0 Å². The van der Waals surface area contributed by atoms with Crippen LogP contribution in [0.5, 0.6) is 0 Å². The van der Waals surface area contributed by atoms with Crippen molar-refractivity contribution in [3.8, 4) is 0 Å². The number of pyridine rings is 1. The summed E-state index contributed by atoms with van der Waals surface area (Å²) in [6.07, 6.45) is 0. The van der Waals surface area contributed by atoms with E-state index in [1.807, 2.05) is 25.1 Å². The SMILES string of the molecule is Cc1cc(C)nc(SCCNc2ccccc2Br)c1. The summed E-state index contributed by atoms with van der Waals surface area (Å²) < 4.78 is 1.10. The van der Waals surface area contributed by atoms with Crippen molar-refractivity contribution in [2.24, 2.45) is 0 Å². The Morgan fingerprint density at radius 2 is 2.00 bits per heavy atom. The average Bonchev–Trinajstić information content (AvgIpc) is 2.35. The first-order chi connectivity index (χ1) is 9.15. The van der Waals surface area contributed by atoms with Gasteiger partial charge in [-0.1, -0.05) is 12.1 Å². The monoisotopic (exact) mass is 336 g/mol. The topological polar surface area (TPSA) is 24.9 Å². The average molecular weight is 337 g/mol. The number of aryl methyl sites for hydroxylation is 2. The number of rotatable bonds is 5. The van der Waals surface area contributed by atoms with Crippen LogP contribution in [0.25, 0.3) is 0 Å². The lowest BCUT2D eigenvalue weighted by molar-refractivity contribution is 1.04. The second kappa shape index (κ2) is 6.96. The second-order valence-electron chi connectivity index (χ2n) is 4.38. The highest BCUT2D eigenvalue weighted by Crippen LogP contribution is 2.22. The fraction of sp³-hybridized carbons (Fsp3) is 0.267. The highest BCUT2D eigenvalue weighted by molar-refractivity contribution is 9.10. The molecular formula is C15H17BrN2S. The first-order valence-electron chi connectivity index (χ1n) is 6.21. The molecule has 1 heterocycles. The molecule has 0 aliphatic heterocycles. The predicted octanol–water partition coefficient (Wildman–Crippen LogP) is 4.67. The van der Waals surface area contributed by atoms with Crippen LogP contribution in [0.15, 0.2) is 45.9 Å². The van der Waals surface area contributed by atoms with Crippen molar-refractivity contribution in [2.45, 2.75) is 18.9 Å². The number of thioether (sulfide) groups is 1. The lowest BCUT2D eigenvalue weighted by Crippen LogP contribution is -2.04. The van der Waals surface area contributed by atoms with Crippen LogP contribution in [0.1, 0.15) is 11.3 Å². The van der Waals surface area contributed by atoms with E-state index in [1.54, 1.807) is 11.8 Å². The zero-order valence-corrected chi connectivity index (χ0v) is 13.5. The number of nitrogens with one attached hydrogen (secondary N) is 1. The Balaban J connectivity index is 1.82. The van der Waals surface area contributed by atoms with Gasteiger partial charge in [0.25, 0.3) is 0 Å². The molecule has 0 atom stereocenters. The summed E-state index contributed by atoms with van der Waals surface area (Å²) in [4.78, 5) is 4.52. The highest BCUT2D eigenvalue weighted by Gasteiger charge is 2.00. The van der Waals surface area contributed by atoms with Gasteiger partial charge in [-0.05, 0) is 59.6 Å². The summed E-state index contributed by atoms with van der Waals surface area (Å²) in [5.74, 6) is 0.997. The van der Waals surface area contributed by atoms with Crippen LogP contribution < -0.4 is 5.32 Å². The normalized spacial score (nSPS) is 10.5. The molecule has 100 valence electrons. The first-order valence-corrected chi connectivity index (χ1v) is 7.99. The van der Waals surface area contributed by atoms with Gasteiger partial charge in [0, 0.05) is 28.2 Å². The minimum absolute atomic E-state index is 0.919. The molecule has 0 aliphatic rings. The first kappa shape index (κ1) is 14.4. The zero-order valence-electron chi connectivity index (χ0n) is 11.1. The Morgan fingerprint density at radius 1 is 1.21 bits per heavy atom. The zero-order chi connectivity index (χ0) is 13.7. The molecule has 0 unspecified atom stereocenters. The van der Waals surface area contributed by atoms with Gasteiger partial charge in [-0.15, -0.1) is 11.8 Å². The molecule has 0 spiro atoms. The molecule has 2 aromatic rings. The van der Waals surface area contributed by atoms with Gasteiger partial charge in [0.15, 0.2) is 0 Å². The van der Waals surface area contributed by atoms with Crippen LogP contribution in [0.3, 0.4) is 0 Å². The van der Waals surface area contributed by atoms with E-state index in [0.717, 1.165) is 33.2 Å². The molecule has 0 bridgehead atoms. The van der Waals surface area contributed by atoms with Crippen molar-refractivity contribution in [1.82, 2.24) is 4.98 Å². The van der Waals surface area contributed by atoms with Crippen LogP contribution >= 0.6 is 27.7 Å². The smallest absolute Gasteiger partial charge is 0.0966 e. The lowest BCUT2D eigenvalue weighted by atomic mass is 10.3. The minimum Gasteiger partial charge on any atom is -0.383 e.